The number of hydrogen-bond donors (Lipinski definition) is 2. The van der Waals surface area contributed by atoms with E-state index < -0.39 is 5.54 Å². The lowest BCUT2D eigenvalue weighted by molar-refractivity contribution is -0.120. The predicted molar refractivity (Wildman–Crippen MR) is 105 cm³/mol. The van der Waals surface area contributed by atoms with Gasteiger partial charge in [-0.25, -0.2) is 4.39 Å². The minimum Gasteiger partial charge on any atom is -0.381 e. The Morgan fingerprint density at radius 2 is 2.07 bits per heavy atom. The maximum atomic E-state index is 13.8. The van der Waals surface area contributed by atoms with Crippen LogP contribution in [-0.4, -0.2) is 49.6 Å². The molecule has 3 heterocycles. The molecule has 1 aromatic carbocycles. The molecule has 2 N–H and O–H groups in total. The summed E-state index contributed by atoms with van der Waals surface area (Å²) in [6, 6.07) is 9.79. The van der Waals surface area contributed by atoms with Gasteiger partial charge in [0.1, 0.15) is 11.5 Å². The Labute approximate surface area is 168 Å². The normalized spacial score (nSPS) is 18.8. The van der Waals surface area contributed by atoms with Crippen LogP contribution < -0.4 is 15.5 Å². The number of ether oxygens (including phenoxy) is 1. The van der Waals surface area contributed by atoms with Gasteiger partial charge in [0.15, 0.2) is 0 Å². The molecule has 2 amide bonds. The van der Waals surface area contributed by atoms with Gasteiger partial charge < -0.3 is 20.3 Å². The number of rotatable bonds is 4. The minimum absolute atomic E-state index is 0.0497. The van der Waals surface area contributed by atoms with Gasteiger partial charge >= 0.3 is 0 Å². The molecule has 0 spiro atoms. The van der Waals surface area contributed by atoms with E-state index in [1.165, 1.54) is 12.1 Å². The minimum atomic E-state index is -0.708. The first-order valence-corrected chi connectivity index (χ1v) is 9.70. The number of amides is 2. The number of nitrogens with zero attached hydrogens (tertiary/aromatic N) is 2. The van der Waals surface area contributed by atoms with Crippen molar-refractivity contribution in [1.82, 2.24) is 15.6 Å². The summed E-state index contributed by atoms with van der Waals surface area (Å²) in [6.45, 7) is 2.43. The molecule has 2 fully saturated rings. The van der Waals surface area contributed by atoms with Crippen molar-refractivity contribution in [1.29, 1.82) is 0 Å². The molecule has 2 saturated heterocycles. The molecule has 0 unspecified atom stereocenters. The van der Waals surface area contributed by atoms with Gasteiger partial charge in [-0.15, -0.1) is 0 Å². The van der Waals surface area contributed by atoms with Gasteiger partial charge in [0.2, 0.25) is 5.91 Å². The highest BCUT2D eigenvalue weighted by atomic mass is 19.1. The van der Waals surface area contributed by atoms with Crippen LogP contribution in [0.15, 0.2) is 42.6 Å². The van der Waals surface area contributed by atoms with Crippen molar-refractivity contribution in [2.45, 2.75) is 18.4 Å². The standard InChI is InChI=1S/C21H23FN4O3/c22-16-3-1-2-15(12-16)21(5-10-29-11-6-21)25-20(28)18-13-17(4-7-23-18)26-9-8-24-19(27)14-26/h1-4,7,12-13H,5-6,8-11,14H2,(H,24,27)(H,25,28). The van der Waals surface area contributed by atoms with Crippen LogP contribution in [0.4, 0.5) is 10.1 Å². The Hall–Kier alpha value is -3.00. The second-order valence-electron chi connectivity index (χ2n) is 7.33. The van der Waals surface area contributed by atoms with Crippen LogP contribution in [0.3, 0.4) is 0 Å². The first-order valence-electron chi connectivity index (χ1n) is 9.70. The molecule has 8 heteroatoms. The molecular formula is C21H23FN4O3. The van der Waals surface area contributed by atoms with E-state index in [0.29, 0.717) is 39.1 Å². The second kappa shape index (κ2) is 8.16. The number of halogens is 1. The Bertz CT molecular complexity index is 914. The van der Waals surface area contributed by atoms with E-state index in [4.69, 9.17) is 4.74 Å². The first-order chi connectivity index (χ1) is 14.1. The molecule has 4 rings (SSSR count). The van der Waals surface area contributed by atoms with Gasteiger partial charge in [0, 0.05) is 38.2 Å². The van der Waals surface area contributed by atoms with Crippen molar-refractivity contribution in [3.05, 3.63) is 59.7 Å². The van der Waals surface area contributed by atoms with Crippen LogP contribution >= 0.6 is 0 Å². The highest BCUT2D eigenvalue weighted by Gasteiger charge is 2.36. The number of anilines is 1. The Morgan fingerprint density at radius 3 is 2.83 bits per heavy atom. The summed E-state index contributed by atoms with van der Waals surface area (Å²) >= 11 is 0. The zero-order valence-electron chi connectivity index (χ0n) is 16.0. The van der Waals surface area contributed by atoms with Crippen molar-refractivity contribution in [3.8, 4) is 0 Å². The smallest absolute Gasteiger partial charge is 0.270 e. The van der Waals surface area contributed by atoms with Crippen LogP contribution in [0.1, 0.15) is 28.9 Å². The molecule has 2 aromatic rings. The van der Waals surface area contributed by atoms with Crippen LogP contribution in [-0.2, 0) is 15.1 Å². The molecule has 0 radical (unpaired) electrons. The molecule has 7 nitrogen and oxygen atoms in total. The topological polar surface area (TPSA) is 83.6 Å². The van der Waals surface area contributed by atoms with E-state index in [2.05, 4.69) is 15.6 Å². The van der Waals surface area contributed by atoms with Crippen LogP contribution in [0, 0.1) is 5.82 Å². The van der Waals surface area contributed by atoms with E-state index in [-0.39, 0.29) is 29.9 Å². The second-order valence-corrected chi connectivity index (χ2v) is 7.33. The first kappa shape index (κ1) is 19.3. The van der Waals surface area contributed by atoms with Crippen LogP contribution in [0.2, 0.25) is 0 Å². The molecule has 152 valence electrons. The third-order valence-electron chi connectivity index (χ3n) is 5.46. The predicted octanol–water partition coefficient (Wildman–Crippen LogP) is 1.59. The summed E-state index contributed by atoms with van der Waals surface area (Å²) in [7, 11) is 0. The third-order valence-corrected chi connectivity index (χ3v) is 5.46. The number of carbonyl (C=O) groups excluding carboxylic acids is 2. The van der Waals surface area contributed by atoms with Gasteiger partial charge in [-0.05, 0) is 42.7 Å². The fraction of sp³-hybridized carbons (Fsp3) is 0.381. The summed E-state index contributed by atoms with van der Waals surface area (Å²) in [4.78, 5) is 30.9. The number of piperazine rings is 1. The van der Waals surface area contributed by atoms with Crippen molar-refractivity contribution in [3.63, 3.8) is 0 Å². The van der Waals surface area contributed by atoms with Gasteiger partial charge in [0.05, 0.1) is 12.1 Å². The van der Waals surface area contributed by atoms with Gasteiger partial charge in [-0.3, -0.25) is 14.6 Å². The average molecular weight is 398 g/mol. The highest BCUT2D eigenvalue weighted by Crippen LogP contribution is 2.33. The number of carbonyl (C=O) groups is 2. The number of nitrogens with one attached hydrogen (secondary N) is 2. The zero-order chi connectivity index (χ0) is 20.3. The van der Waals surface area contributed by atoms with Crippen LogP contribution in [0.5, 0.6) is 0 Å². The molecular weight excluding hydrogens is 375 g/mol. The van der Waals surface area contributed by atoms with Gasteiger partial charge in [-0.2, -0.15) is 0 Å². The van der Waals surface area contributed by atoms with E-state index >= 15 is 0 Å². The lowest BCUT2D eigenvalue weighted by Gasteiger charge is -2.38. The monoisotopic (exact) mass is 398 g/mol. The maximum Gasteiger partial charge on any atom is 0.270 e. The molecule has 0 saturated carbocycles. The van der Waals surface area contributed by atoms with Crippen molar-refractivity contribution < 1.29 is 18.7 Å². The van der Waals surface area contributed by atoms with E-state index in [0.717, 1.165) is 11.3 Å². The SMILES string of the molecule is O=C1CN(c2ccnc(C(=O)NC3(c4cccc(F)c4)CCOCC3)c2)CCN1. The summed E-state index contributed by atoms with van der Waals surface area (Å²) in [5.41, 5.74) is 1.04. The van der Waals surface area contributed by atoms with E-state index in [1.54, 1.807) is 24.4 Å². The fourth-order valence-corrected chi connectivity index (χ4v) is 3.87. The molecule has 0 atom stereocenters. The van der Waals surface area contributed by atoms with E-state index in [1.807, 2.05) is 11.0 Å². The van der Waals surface area contributed by atoms with Crippen molar-refractivity contribution in [2.75, 3.05) is 37.7 Å². The molecule has 2 aliphatic rings. The van der Waals surface area contributed by atoms with Crippen molar-refractivity contribution in [2.24, 2.45) is 0 Å². The lowest BCUT2D eigenvalue weighted by Crippen LogP contribution is -2.50. The number of hydrogen-bond acceptors (Lipinski definition) is 5. The molecule has 1 aromatic heterocycles. The largest absolute Gasteiger partial charge is 0.381 e. The Balaban J connectivity index is 1.58. The highest BCUT2D eigenvalue weighted by molar-refractivity contribution is 5.94. The third kappa shape index (κ3) is 4.22. The van der Waals surface area contributed by atoms with Gasteiger partial charge in [0.25, 0.3) is 5.91 Å². The van der Waals surface area contributed by atoms with E-state index in [9.17, 15) is 14.0 Å². The van der Waals surface area contributed by atoms with Gasteiger partial charge in [-0.1, -0.05) is 12.1 Å². The Kier molecular flexibility index (Phi) is 5.44. The molecule has 29 heavy (non-hydrogen) atoms. The zero-order valence-corrected chi connectivity index (χ0v) is 16.0. The van der Waals surface area contributed by atoms with Crippen LogP contribution in [0.25, 0.3) is 0 Å². The quantitative estimate of drug-likeness (QED) is 0.817. The summed E-state index contributed by atoms with van der Waals surface area (Å²) < 4.78 is 19.3. The fourth-order valence-electron chi connectivity index (χ4n) is 3.87. The molecule has 2 aliphatic heterocycles. The molecule has 0 aliphatic carbocycles. The summed E-state index contributed by atoms with van der Waals surface area (Å²) in [6.07, 6.45) is 2.66. The Morgan fingerprint density at radius 1 is 1.24 bits per heavy atom. The number of benzene rings is 1. The lowest BCUT2D eigenvalue weighted by atomic mass is 9.82. The number of aromatic nitrogens is 1. The summed E-state index contributed by atoms with van der Waals surface area (Å²) in [5, 5.41) is 5.87. The van der Waals surface area contributed by atoms with Crippen molar-refractivity contribution >= 4 is 17.5 Å². The maximum absolute atomic E-state index is 13.8. The summed E-state index contributed by atoms with van der Waals surface area (Å²) in [5.74, 6) is -0.725. The average Bonchev–Trinajstić information content (AvgIpc) is 2.74. The number of pyridine rings is 1. The molecule has 0 bridgehead atoms.